The molecule has 0 aromatic heterocycles. The molecule has 0 N–H and O–H groups in total. The van der Waals surface area contributed by atoms with Crippen LogP contribution in [-0.4, -0.2) is 136 Å². The first kappa shape index (κ1) is 32.0. The molecular formula is H8Ca3MgZn. The van der Waals surface area contributed by atoms with Gasteiger partial charge in [-0.25, -0.2) is 0 Å². The van der Waals surface area contributed by atoms with Crippen LogP contribution in [0.5, 0.6) is 0 Å². The normalized spacial score (nSPS) is 0. The predicted molar refractivity (Wildman–Crippen MR) is 31.9 cm³/mol. The fraction of sp³-hybridized carbons (Fsp3) is 0. The van der Waals surface area contributed by atoms with E-state index in [1.54, 1.807) is 0 Å². The van der Waals surface area contributed by atoms with Crippen LogP contribution in [0.4, 0.5) is 0 Å². The van der Waals surface area contributed by atoms with Crippen molar-refractivity contribution in [3.8, 4) is 0 Å². The zero-order chi connectivity index (χ0) is 0. The SMILES string of the molecule is [Ca+2].[Ca+2].[Ca+2].[H-].[H-].[H-].[H-].[H-].[H-].[H-].[H-].[Mg+2].[Zn]. The molecule has 5 heavy (non-hydrogen) atoms. The third kappa shape index (κ3) is 17.6. The number of rotatable bonds is 0. The topological polar surface area (TPSA) is 0 Å². The van der Waals surface area contributed by atoms with Crippen LogP contribution in [0.1, 0.15) is 11.4 Å². The summed E-state index contributed by atoms with van der Waals surface area (Å²) in [7, 11) is 0. The largest absolute Gasteiger partial charge is 2.00 e. The van der Waals surface area contributed by atoms with Gasteiger partial charge < -0.3 is 11.4 Å². The van der Waals surface area contributed by atoms with Crippen LogP contribution < -0.4 is 0 Å². The first-order chi connectivity index (χ1) is 0. The van der Waals surface area contributed by atoms with E-state index in [0.717, 1.165) is 0 Å². The average molecular weight is 218 g/mol. The van der Waals surface area contributed by atoms with Crippen molar-refractivity contribution in [3.63, 3.8) is 0 Å². The molecule has 0 saturated carbocycles. The Morgan fingerprint density at radius 1 is 0.800 bits per heavy atom. The molecule has 18 valence electrons. The average Bonchev–Trinajstić information content (AvgIpc) is 0. The van der Waals surface area contributed by atoms with Crippen molar-refractivity contribution in [1.82, 2.24) is 0 Å². The Labute approximate surface area is 163 Å². The Morgan fingerprint density at radius 3 is 0.800 bits per heavy atom. The molecule has 0 aliphatic heterocycles. The maximum absolute atomic E-state index is 0. The molecule has 0 rings (SSSR count). The summed E-state index contributed by atoms with van der Waals surface area (Å²) in [5, 5.41) is 0. The molecule has 0 spiro atoms. The molecule has 0 aromatic rings. The second kappa shape index (κ2) is 22.9. The standard InChI is InChI=1S/3Ca.Mg.Zn.8H/q4*+2;;8*-1. The summed E-state index contributed by atoms with van der Waals surface area (Å²) in [6.07, 6.45) is 0. The molecule has 0 aromatic carbocycles. The van der Waals surface area contributed by atoms with Crippen molar-refractivity contribution >= 4 is 136 Å². The fourth-order valence-electron chi connectivity index (χ4n) is 0. The van der Waals surface area contributed by atoms with Gasteiger partial charge in [-0.15, -0.1) is 0 Å². The first-order valence-corrected chi connectivity index (χ1v) is 0. The molecule has 0 radical (unpaired) electrons. The van der Waals surface area contributed by atoms with Gasteiger partial charge in [-0.05, 0) is 0 Å². The Kier molecular flexibility index (Phi) is 147. The summed E-state index contributed by atoms with van der Waals surface area (Å²) in [4.78, 5) is 0. The quantitative estimate of drug-likeness (QED) is 0.475. The van der Waals surface area contributed by atoms with Crippen molar-refractivity contribution in [1.29, 1.82) is 0 Å². The van der Waals surface area contributed by atoms with Crippen molar-refractivity contribution in [2.24, 2.45) is 0 Å². The van der Waals surface area contributed by atoms with E-state index in [-0.39, 0.29) is 167 Å². The van der Waals surface area contributed by atoms with E-state index in [1.807, 2.05) is 0 Å². The van der Waals surface area contributed by atoms with Gasteiger partial charge in [-0.1, -0.05) is 0 Å². The maximum Gasteiger partial charge on any atom is 2.00 e. The van der Waals surface area contributed by atoms with E-state index in [1.165, 1.54) is 0 Å². The summed E-state index contributed by atoms with van der Waals surface area (Å²) in [5.41, 5.74) is 0. The molecule has 0 saturated heterocycles. The zero-order valence-corrected chi connectivity index (χ0v) is 14.5. The first-order valence-electron chi connectivity index (χ1n) is 0. The van der Waals surface area contributed by atoms with E-state index in [2.05, 4.69) is 0 Å². The van der Waals surface area contributed by atoms with Gasteiger partial charge in [0.15, 0.2) is 0 Å². The molecular weight excluding hydrogens is 210 g/mol. The molecule has 0 bridgehead atoms. The molecule has 0 atom stereocenters. The number of hydrogen-bond acceptors (Lipinski definition) is 0. The molecule has 0 aliphatic rings. The van der Waals surface area contributed by atoms with Crippen LogP contribution >= 0.6 is 0 Å². The fourth-order valence-corrected chi connectivity index (χ4v) is 0. The summed E-state index contributed by atoms with van der Waals surface area (Å²) in [6, 6.07) is 0. The van der Waals surface area contributed by atoms with Gasteiger partial charge in [-0.2, -0.15) is 0 Å². The monoisotopic (exact) mass is 216 g/mol. The minimum atomic E-state index is 0. The van der Waals surface area contributed by atoms with Gasteiger partial charge in [0, 0.05) is 19.5 Å². The van der Waals surface area contributed by atoms with E-state index in [0.29, 0.717) is 0 Å². The molecule has 0 heterocycles. The van der Waals surface area contributed by atoms with Crippen LogP contribution in [0.25, 0.3) is 0 Å². The van der Waals surface area contributed by atoms with Crippen LogP contribution in [-0.2, 0) is 19.5 Å². The summed E-state index contributed by atoms with van der Waals surface area (Å²) in [6.45, 7) is 0. The summed E-state index contributed by atoms with van der Waals surface area (Å²) < 4.78 is 0. The van der Waals surface area contributed by atoms with E-state index in [9.17, 15) is 0 Å². The maximum atomic E-state index is 0. The van der Waals surface area contributed by atoms with Crippen molar-refractivity contribution < 1.29 is 30.9 Å². The van der Waals surface area contributed by atoms with Gasteiger partial charge in [0.25, 0.3) is 0 Å². The predicted octanol–water partition coefficient (Wildman–Crippen LogP) is -0.626. The number of hydrogen-bond donors (Lipinski definition) is 0. The molecule has 0 nitrogen and oxygen atoms in total. The van der Waals surface area contributed by atoms with Gasteiger partial charge >= 0.3 is 136 Å². The van der Waals surface area contributed by atoms with E-state index < -0.39 is 0 Å². The summed E-state index contributed by atoms with van der Waals surface area (Å²) in [5.74, 6) is 0. The Balaban J connectivity index is 0. The molecule has 0 unspecified atom stereocenters. The Hall–Kier alpha value is 5.17. The van der Waals surface area contributed by atoms with Crippen molar-refractivity contribution in [2.75, 3.05) is 0 Å². The van der Waals surface area contributed by atoms with Crippen LogP contribution in [0.15, 0.2) is 0 Å². The Bertz CT molecular complexity index is 19.4. The smallest absolute Gasteiger partial charge is 1.00 e. The van der Waals surface area contributed by atoms with Gasteiger partial charge in [0.05, 0.1) is 0 Å². The molecule has 0 amide bonds. The van der Waals surface area contributed by atoms with E-state index >= 15 is 0 Å². The van der Waals surface area contributed by atoms with Gasteiger partial charge in [0.1, 0.15) is 0 Å². The van der Waals surface area contributed by atoms with Crippen molar-refractivity contribution in [2.45, 2.75) is 0 Å². The van der Waals surface area contributed by atoms with Gasteiger partial charge in [0.2, 0.25) is 0 Å². The van der Waals surface area contributed by atoms with Crippen molar-refractivity contribution in [3.05, 3.63) is 0 Å². The second-order valence-corrected chi connectivity index (χ2v) is 0. The van der Waals surface area contributed by atoms with Crippen LogP contribution in [0.2, 0.25) is 0 Å². The minimum Gasteiger partial charge on any atom is -1.00 e. The Morgan fingerprint density at radius 2 is 0.800 bits per heavy atom. The summed E-state index contributed by atoms with van der Waals surface area (Å²) >= 11 is 0. The van der Waals surface area contributed by atoms with Crippen LogP contribution in [0.3, 0.4) is 0 Å². The molecule has 0 fully saturated rings. The third-order valence-corrected chi connectivity index (χ3v) is 0. The minimum absolute atomic E-state index is 0. The van der Waals surface area contributed by atoms with E-state index in [4.69, 9.17) is 0 Å². The zero-order valence-electron chi connectivity index (χ0n) is 11.5. The van der Waals surface area contributed by atoms with Crippen LogP contribution in [0, 0.1) is 0 Å². The van der Waals surface area contributed by atoms with Gasteiger partial charge in [-0.3, -0.25) is 0 Å². The third-order valence-electron chi connectivity index (χ3n) is 0. The molecule has 5 heteroatoms. The second-order valence-electron chi connectivity index (χ2n) is 0. The molecule has 0 aliphatic carbocycles.